The molecular weight excluding hydrogens is 475 g/mol. The van der Waals surface area contributed by atoms with Crippen LogP contribution in [0.2, 0.25) is 0 Å². The third kappa shape index (κ3) is 5.37. The molecule has 3 amide bonds. The summed E-state index contributed by atoms with van der Waals surface area (Å²) in [7, 11) is 0. The van der Waals surface area contributed by atoms with Gasteiger partial charge in [0.05, 0.1) is 6.07 Å². The summed E-state index contributed by atoms with van der Waals surface area (Å²) in [5.41, 5.74) is -1.91. The molecule has 3 heterocycles. The summed E-state index contributed by atoms with van der Waals surface area (Å²) in [6, 6.07) is 2.12. The molecule has 2 aliphatic heterocycles. The van der Waals surface area contributed by atoms with Crippen molar-refractivity contribution in [3.05, 3.63) is 23.5 Å². The van der Waals surface area contributed by atoms with Crippen molar-refractivity contribution < 1.29 is 27.6 Å². The minimum absolute atomic E-state index is 0.148. The van der Waals surface area contributed by atoms with Gasteiger partial charge in [0.15, 0.2) is 0 Å². The zero-order chi connectivity index (χ0) is 26.3. The Morgan fingerprint density at radius 2 is 1.92 bits per heavy atom. The van der Waals surface area contributed by atoms with E-state index in [1.165, 1.54) is 4.90 Å². The number of carbonyl (C=O) groups excluding carboxylic acids is 3. The molecule has 196 valence electrons. The number of halogens is 3. The van der Waals surface area contributed by atoms with E-state index in [9.17, 15) is 32.8 Å². The fraction of sp³-hybridized carbons (Fsp3) is 0.680. The van der Waals surface area contributed by atoms with E-state index in [0.717, 1.165) is 44.2 Å². The Hall–Kier alpha value is -3.03. The fourth-order valence-corrected chi connectivity index (χ4v) is 6.09. The molecule has 1 aromatic heterocycles. The van der Waals surface area contributed by atoms with Crippen LogP contribution in [0, 0.1) is 22.7 Å². The van der Waals surface area contributed by atoms with Crippen molar-refractivity contribution in [2.24, 2.45) is 11.3 Å². The second kappa shape index (κ2) is 9.45. The lowest BCUT2D eigenvalue weighted by Gasteiger charge is -2.32. The van der Waals surface area contributed by atoms with Crippen LogP contribution in [0.5, 0.6) is 0 Å². The van der Waals surface area contributed by atoms with Gasteiger partial charge in [-0.15, -0.1) is 0 Å². The minimum atomic E-state index is -4.62. The summed E-state index contributed by atoms with van der Waals surface area (Å²) in [5, 5.41) is 15.3. The van der Waals surface area contributed by atoms with E-state index in [2.05, 4.69) is 21.7 Å². The molecule has 0 aromatic carbocycles. The third-order valence-electron chi connectivity index (χ3n) is 7.79. The maximum Gasteiger partial charge on any atom is 0.431 e. The minimum Gasteiger partial charge on any atom is -0.351 e. The van der Waals surface area contributed by atoms with Crippen molar-refractivity contribution in [3.8, 4) is 6.07 Å². The topological polar surface area (TPSA) is 118 Å². The van der Waals surface area contributed by atoms with E-state index in [4.69, 9.17) is 0 Å². The number of likely N-dealkylation sites (tertiary alicyclic amines) is 1. The van der Waals surface area contributed by atoms with Gasteiger partial charge in [-0.1, -0.05) is 19.3 Å². The highest BCUT2D eigenvalue weighted by molar-refractivity contribution is 5.97. The number of aromatic amines is 1. The molecule has 1 spiro atoms. The summed E-state index contributed by atoms with van der Waals surface area (Å²) in [4.78, 5) is 42.5. The summed E-state index contributed by atoms with van der Waals surface area (Å²) >= 11 is 0. The Morgan fingerprint density at radius 3 is 2.47 bits per heavy atom. The van der Waals surface area contributed by atoms with Crippen LogP contribution >= 0.6 is 0 Å². The quantitative estimate of drug-likeness (QED) is 0.565. The van der Waals surface area contributed by atoms with Gasteiger partial charge in [0.25, 0.3) is 5.91 Å². The number of aromatic nitrogens is 1. The lowest BCUT2D eigenvalue weighted by atomic mass is 9.72. The second-order valence-electron chi connectivity index (χ2n) is 11.2. The molecule has 0 radical (unpaired) electrons. The number of amides is 3. The van der Waals surface area contributed by atoms with Gasteiger partial charge in [0.2, 0.25) is 11.8 Å². The number of hydrogen-bond donors (Lipinski definition) is 3. The van der Waals surface area contributed by atoms with Crippen molar-refractivity contribution in [2.75, 3.05) is 6.54 Å². The highest BCUT2D eigenvalue weighted by Crippen LogP contribution is 2.47. The monoisotopic (exact) mass is 507 g/mol. The lowest BCUT2D eigenvalue weighted by molar-refractivity contribution is -0.140. The van der Waals surface area contributed by atoms with Gasteiger partial charge in [-0.3, -0.25) is 14.4 Å². The number of nitriles is 1. The molecule has 0 unspecified atom stereocenters. The Morgan fingerprint density at radius 1 is 1.22 bits per heavy atom. The van der Waals surface area contributed by atoms with Crippen LogP contribution < -0.4 is 10.6 Å². The molecule has 36 heavy (non-hydrogen) atoms. The van der Waals surface area contributed by atoms with E-state index >= 15 is 0 Å². The van der Waals surface area contributed by atoms with Gasteiger partial charge in [-0.05, 0) is 63.5 Å². The fourth-order valence-electron chi connectivity index (χ4n) is 6.09. The number of alkyl halides is 3. The number of H-pyrrole nitrogens is 1. The first-order valence-electron chi connectivity index (χ1n) is 12.4. The highest BCUT2D eigenvalue weighted by atomic mass is 19.4. The Bertz CT molecular complexity index is 1070. The maximum atomic E-state index is 13.4. The average Bonchev–Trinajstić information content (AvgIpc) is 3.49. The largest absolute Gasteiger partial charge is 0.431 e. The van der Waals surface area contributed by atoms with Crippen LogP contribution in [0.25, 0.3) is 0 Å². The Labute approximate surface area is 208 Å². The zero-order valence-corrected chi connectivity index (χ0v) is 20.5. The Balaban J connectivity index is 1.52. The molecule has 11 heteroatoms. The van der Waals surface area contributed by atoms with E-state index in [1.807, 2.05) is 13.8 Å². The van der Waals surface area contributed by atoms with Crippen LogP contribution in [0.4, 0.5) is 13.2 Å². The molecule has 1 aliphatic carbocycles. The predicted octanol–water partition coefficient (Wildman–Crippen LogP) is 3.51. The first kappa shape index (κ1) is 26.0. The average molecular weight is 508 g/mol. The van der Waals surface area contributed by atoms with Crippen molar-refractivity contribution in [3.63, 3.8) is 0 Å². The molecule has 3 fully saturated rings. The van der Waals surface area contributed by atoms with Crippen LogP contribution in [-0.4, -0.2) is 51.8 Å². The number of hydrogen-bond acceptors (Lipinski definition) is 4. The van der Waals surface area contributed by atoms with E-state index < -0.39 is 41.7 Å². The maximum absolute atomic E-state index is 13.4. The molecule has 3 atom stereocenters. The summed E-state index contributed by atoms with van der Waals surface area (Å²) in [6.45, 7) is 4.06. The molecule has 1 saturated carbocycles. The van der Waals surface area contributed by atoms with Crippen LogP contribution in [0.1, 0.15) is 81.4 Å². The normalized spacial score (nSPS) is 25.9. The van der Waals surface area contributed by atoms with Gasteiger partial charge < -0.3 is 20.5 Å². The van der Waals surface area contributed by atoms with Gasteiger partial charge in [-0.25, -0.2) is 0 Å². The standard InChI is InChI=1S/C25H32F3N5O3/c1-23(2)11-15(20(34)32-23)10-16(13-29)30-21(35)18-12-24(8-4-3-5-9-24)14-33(18)22(36)17-6-7-19(31-17)25(26,27)28/h6-7,15-16,18,31H,3-5,8-12,14H2,1-2H3,(H,30,35)(H,32,34)/t15-,16+,18+/m1/s1. The number of nitrogens with one attached hydrogen (secondary N) is 3. The van der Waals surface area contributed by atoms with Crippen LogP contribution in [0.3, 0.4) is 0 Å². The molecular formula is C25H32F3N5O3. The number of rotatable bonds is 5. The summed E-state index contributed by atoms with van der Waals surface area (Å²) < 4.78 is 39.2. The molecule has 4 rings (SSSR count). The van der Waals surface area contributed by atoms with Gasteiger partial charge in [0.1, 0.15) is 23.5 Å². The molecule has 3 aliphatic rings. The number of carbonyl (C=O) groups is 3. The zero-order valence-electron chi connectivity index (χ0n) is 20.5. The first-order chi connectivity index (χ1) is 16.8. The molecule has 0 bridgehead atoms. The van der Waals surface area contributed by atoms with Crippen LogP contribution in [-0.2, 0) is 15.8 Å². The molecule has 2 saturated heterocycles. The highest BCUT2D eigenvalue weighted by Gasteiger charge is 2.50. The van der Waals surface area contributed by atoms with Crippen molar-refractivity contribution >= 4 is 17.7 Å². The molecule has 1 aromatic rings. The van der Waals surface area contributed by atoms with E-state index in [1.54, 1.807) is 0 Å². The smallest absolute Gasteiger partial charge is 0.351 e. The van der Waals surface area contributed by atoms with Crippen molar-refractivity contribution in [1.29, 1.82) is 5.26 Å². The van der Waals surface area contributed by atoms with Gasteiger partial charge in [0, 0.05) is 18.0 Å². The number of nitrogens with zero attached hydrogens (tertiary/aromatic N) is 2. The predicted molar refractivity (Wildman–Crippen MR) is 123 cm³/mol. The van der Waals surface area contributed by atoms with Gasteiger partial charge >= 0.3 is 6.18 Å². The van der Waals surface area contributed by atoms with Crippen molar-refractivity contribution in [1.82, 2.24) is 20.5 Å². The van der Waals surface area contributed by atoms with Crippen molar-refractivity contribution in [2.45, 2.75) is 89.0 Å². The third-order valence-corrected chi connectivity index (χ3v) is 7.79. The lowest BCUT2D eigenvalue weighted by Crippen LogP contribution is -2.49. The summed E-state index contributed by atoms with van der Waals surface area (Å²) in [5.74, 6) is -1.77. The van der Waals surface area contributed by atoms with Gasteiger partial charge in [-0.2, -0.15) is 18.4 Å². The van der Waals surface area contributed by atoms with Crippen LogP contribution in [0.15, 0.2) is 12.1 Å². The molecule has 8 nitrogen and oxygen atoms in total. The Kier molecular flexibility index (Phi) is 6.84. The van der Waals surface area contributed by atoms with E-state index in [0.29, 0.717) is 12.8 Å². The van der Waals surface area contributed by atoms with E-state index in [-0.39, 0.29) is 35.5 Å². The SMILES string of the molecule is CC1(C)C[C@@H](C[C@@H](C#N)NC(=O)[C@@H]2CC3(CCCCC3)CN2C(=O)c2ccc(C(F)(F)F)[nH]2)C(=O)N1. The summed E-state index contributed by atoms with van der Waals surface area (Å²) in [6.07, 6.45) is 1.11. The first-order valence-corrected chi connectivity index (χ1v) is 12.4. The second-order valence-corrected chi connectivity index (χ2v) is 11.2. The molecule has 3 N–H and O–H groups in total.